The van der Waals surface area contributed by atoms with Crippen LogP contribution < -0.4 is 11.1 Å². The first-order valence-corrected chi connectivity index (χ1v) is 10.9. The average molecular weight is 386 g/mol. The zero-order valence-corrected chi connectivity index (χ0v) is 16.4. The van der Waals surface area contributed by atoms with Crippen molar-refractivity contribution in [2.45, 2.75) is 75.8 Å². The molecule has 28 heavy (non-hydrogen) atoms. The number of nitrogens with one attached hydrogen (secondary N) is 1. The van der Waals surface area contributed by atoms with E-state index in [0.29, 0.717) is 17.5 Å². The Balaban J connectivity index is 1.19. The van der Waals surface area contributed by atoms with Crippen LogP contribution in [-0.4, -0.2) is 47.0 Å². The van der Waals surface area contributed by atoms with Crippen LogP contribution in [0, 0.1) is 11.3 Å². The number of likely N-dealkylation sites (tertiary alicyclic amines) is 1. The lowest BCUT2D eigenvalue weighted by atomic mass is 9.83. The molecule has 3 aliphatic carbocycles. The standard InChI is InChI=1S/C21H30N4O3/c22-15-5-3-14(4-6-15)20(27)25-10-7-18(21(12-25)8-9-21)23-19(26)16-11-17(28-24-16)13-1-2-13/h11,13-15,18H,1-10,12,22H2,(H,23,26). The molecule has 0 radical (unpaired) electrons. The maximum absolute atomic E-state index is 13.0. The summed E-state index contributed by atoms with van der Waals surface area (Å²) in [5, 5.41) is 7.15. The van der Waals surface area contributed by atoms with Crippen LogP contribution in [-0.2, 0) is 4.79 Å². The van der Waals surface area contributed by atoms with Gasteiger partial charge in [0.05, 0.1) is 0 Å². The van der Waals surface area contributed by atoms with Crippen LogP contribution in [0.4, 0.5) is 0 Å². The van der Waals surface area contributed by atoms with Crippen LogP contribution in [0.1, 0.15) is 80.0 Å². The Labute approximate surface area is 165 Å². The maximum atomic E-state index is 13.0. The van der Waals surface area contributed by atoms with E-state index in [4.69, 9.17) is 10.3 Å². The van der Waals surface area contributed by atoms with Gasteiger partial charge in [0.15, 0.2) is 5.69 Å². The zero-order chi connectivity index (χ0) is 19.3. The molecule has 1 aromatic heterocycles. The number of nitrogens with zero attached hydrogens (tertiary/aromatic N) is 2. The molecule has 0 aromatic carbocycles. The quantitative estimate of drug-likeness (QED) is 0.826. The van der Waals surface area contributed by atoms with Gasteiger partial charge >= 0.3 is 0 Å². The van der Waals surface area contributed by atoms with Gasteiger partial charge in [-0.15, -0.1) is 0 Å². The highest BCUT2D eigenvalue weighted by atomic mass is 16.5. The summed E-state index contributed by atoms with van der Waals surface area (Å²) in [6, 6.07) is 2.17. The van der Waals surface area contributed by atoms with Crippen LogP contribution in [0.5, 0.6) is 0 Å². The fraction of sp³-hybridized carbons (Fsp3) is 0.762. The van der Waals surface area contributed by atoms with Crippen molar-refractivity contribution >= 4 is 11.8 Å². The summed E-state index contributed by atoms with van der Waals surface area (Å²) in [6.07, 6.45) is 8.95. The molecule has 3 saturated carbocycles. The first kappa shape index (κ1) is 18.2. The molecule has 7 heteroatoms. The largest absolute Gasteiger partial charge is 0.360 e. The molecule has 152 valence electrons. The van der Waals surface area contributed by atoms with Crippen molar-refractivity contribution in [1.82, 2.24) is 15.4 Å². The van der Waals surface area contributed by atoms with Gasteiger partial charge in [0.2, 0.25) is 5.91 Å². The van der Waals surface area contributed by atoms with Crippen molar-refractivity contribution < 1.29 is 14.1 Å². The zero-order valence-electron chi connectivity index (χ0n) is 16.4. The molecular formula is C21H30N4O3. The van der Waals surface area contributed by atoms with Gasteiger partial charge < -0.3 is 20.5 Å². The van der Waals surface area contributed by atoms with Crippen molar-refractivity contribution in [2.24, 2.45) is 17.1 Å². The van der Waals surface area contributed by atoms with E-state index in [9.17, 15) is 9.59 Å². The fourth-order valence-corrected chi connectivity index (χ4v) is 5.05. The van der Waals surface area contributed by atoms with Crippen LogP contribution in [0.2, 0.25) is 0 Å². The third kappa shape index (κ3) is 3.45. The van der Waals surface area contributed by atoms with Crippen molar-refractivity contribution in [1.29, 1.82) is 0 Å². The molecule has 0 bridgehead atoms. The van der Waals surface area contributed by atoms with Crippen molar-refractivity contribution in [2.75, 3.05) is 13.1 Å². The fourth-order valence-electron chi connectivity index (χ4n) is 5.05. The Hall–Kier alpha value is -1.89. The summed E-state index contributed by atoms with van der Waals surface area (Å²) >= 11 is 0. The van der Waals surface area contributed by atoms with Crippen LogP contribution in [0.3, 0.4) is 0 Å². The molecule has 1 spiro atoms. The molecule has 4 aliphatic rings. The van der Waals surface area contributed by atoms with Gasteiger partial charge in [-0.05, 0) is 57.8 Å². The number of carbonyl (C=O) groups is 2. The number of piperidine rings is 1. The van der Waals surface area contributed by atoms with Crippen molar-refractivity contribution in [3.63, 3.8) is 0 Å². The summed E-state index contributed by atoms with van der Waals surface area (Å²) in [7, 11) is 0. The van der Waals surface area contributed by atoms with E-state index in [1.165, 1.54) is 0 Å². The molecule has 2 amide bonds. The minimum absolute atomic E-state index is 0.0533. The monoisotopic (exact) mass is 386 g/mol. The summed E-state index contributed by atoms with van der Waals surface area (Å²) in [4.78, 5) is 27.7. The third-order valence-corrected chi connectivity index (χ3v) is 7.30. The number of rotatable bonds is 4. The molecule has 7 nitrogen and oxygen atoms in total. The van der Waals surface area contributed by atoms with Gasteiger partial charge in [-0.1, -0.05) is 5.16 Å². The van der Waals surface area contributed by atoms with E-state index < -0.39 is 0 Å². The molecule has 3 N–H and O–H groups in total. The Kier molecular flexibility index (Phi) is 4.45. The highest BCUT2D eigenvalue weighted by Gasteiger charge is 2.54. The molecule has 5 rings (SSSR count). The Morgan fingerprint density at radius 1 is 1.14 bits per heavy atom. The molecule has 1 aromatic rings. The van der Waals surface area contributed by atoms with E-state index in [1.807, 2.05) is 0 Å². The summed E-state index contributed by atoms with van der Waals surface area (Å²) < 4.78 is 5.32. The van der Waals surface area contributed by atoms with Gasteiger partial charge in [0.1, 0.15) is 5.76 Å². The van der Waals surface area contributed by atoms with Crippen LogP contribution >= 0.6 is 0 Å². The first-order chi connectivity index (χ1) is 13.5. The van der Waals surface area contributed by atoms with E-state index in [2.05, 4.69) is 15.4 Å². The second-order valence-corrected chi connectivity index (χ2v) is 9.44. The van der Waals surface area contributed by atoms with E-state index in [0.717, 1.165) is 76.6 Å². The van der Waals surface area contributed by atoms with Crippen LogP contribution in [0.15, 0.2) is 10.6 Å². The highest BCUT2D eigenvalue weighted by molar-refractivity contribution is 5.92. The predicted octanol–water partition coefficient (Wildman–Crippen LogP) is 2.18. The maximum Gasteiger partial charge on any atom is 0.273 e. The number of carbonyl (C=O) groups excluding carboxylic acids is 2. The Morgan fingerprint density at radius 2 is 1.89 bits per heavy atom. The Bertz CT molecular complexity index is 759. The van der Waals surface area contributed by atoms with Gasteiger partial charge in [0, 0.05) is 48.5 Å². The molecule has 1 saturated heterocycles. The minimum atomic E-state index is -0.145. The highest BCUT2D eigenvalue weighted by Crippen LogP contribution is 2.52. The second-order valence-electron chi connectivity index (χ2n) is 9.44. The molecule has 2 heterocycles. The van der Waals surface area contributed by atoms with Crippen molar-refractivity contribution in [3.05, 3.63) is 17.5 Å². The van der Waals surface area contributed by atoms with Gasteiger partial charge in [-0.2, -0.15) is 0 Å². The summed E-state index contributed by atoms with van der Waals surface area (Å²) in [5.41, 5.74) is 6.42. The summed E-state index contributed by atoms with van der Waals surface area (Å²) in [6.45, 7) is 1.49. The summed E-state index contributed by atoms with van der Waals surface area (Å²) in [5.74, 6) is 1.57. The smallest absolute Gasteiger partial charge is 0.273 e. The number of hydrogen-bond acceptors (Lipinski definition) is 5. The van der Waals surface area contributed by atoms with E-state index in [1.54, 1.807) is 6.07 Å². The van der Waals surface area contributed by atoms with E-state index >= 15 is 0 Å². The van der Waals surface area contributed by atoms with Gasteiger partial charge in [0.25, 0.3) is 5.91 Å². The topological polar surface area (TPSA) is 101 Å². The Morgan fingerprint density at radius 3 is 2.57 bits per heavy atom. The number of amides is 2. The first-order valence-electron chi connectivity index (χ1n) is 10.9. The number of hydrogen-bond donors (Lipinski definition) is 2. The third-order valence-electron chi connectivity index (χ3n) is 7.30. The van der Waals surface area contributed by atoms with Gasteiger partial charge in [-0.3, -0.25) is 9.59 Å². The number of nitrogens with two attached hydrogens (primary N) is 1. The second kappa shape index (κ2) is 6.87. The molecule has 1 aliphatic heterocycles. The predicted molar refractivity (Wildman–Crippen MR) is 103 cm³/mol. The minimum Gasteiger partial charge on any atom is -0.360 e. The average Bonchev–Trinajstić information content (AvgIpc) is 3.63. The molecule has 1 atom stereocenters. The number of aromatic nitrogens is 1. The SMILES string of the molecule is NC1CCC(C(=O)N2CCC(NC(=O)c3cc(C4CC4)on3)C3(CC3)C2)CC1. The lowest BCUT2D eigenvalue weighted by Gasteiger charge is -2.41. The normalized spacial score (nSPS) is 31.6. The van der Waals surface area contributed by atoms with Crippen LogP contribution in [0.25, 0.3) is 0 Å². The lowest BCUT2D eigenvalue weighted by molar-refractivity contribution is -0.139. The molecular weight excluding hydrogens is 356 g/mol. The lowest BCUT2D eigenvalue weighted by Crippen LogP contribution is -2.55. The van der Waals surface area contributed by atoms with Crippen molar-refractivity contribution in [3.8, 4) is 0 Å². The van der Waals surface area contributed by atoms with E-state index in [-0.39, 0.29) is 29.3 Å². The van der Waals surface area contributed by atoms with Gasteiger partial charge in [-0.25, -0.2) is 0 Å². The molecule has 4 fully saturated rings. The molecule has 1 unspecified atom stereocenters.